The summed E-state index contributed by atoms with van der Waals surface area (Å²) in [6.07, 6.45) is 0.899. The summed E-state index contributed by atoms with van der Waals surface area (Å²) in [7, 11) is 0. The summed E-state index contributed by atoms with van der Waals surface area (Å²) in [5, 5.41) is 11.9. The molecule has 0 bridgehead atoms. The highest BCUT2D eigenvalue weighted by Crippen LogP contribution is 2.21. The van der Waals surface area contributed by atoms with Crippen molar-refractivity contribution in [2.45, 2.75) is 33.2 Å². The molecule has 6 nitrogen and oxygen atoms in total. The number of nitrogens with one attached hydrogen (secondary N) is 1. The van der Waals surface area contributed by atoms with Crippen LogP contribution in [0.4, 0.5) is 5.69 Å². The van der Waals surface area contributed by atoms with Gasteiger partial charge in [-0.2, -0.15) is 0 Å². The molecule has 1 aromatic rings. The van der Waals surface area contributed by atoms with E-state index in [1.165, 1.54) is 0 Å². The number of anilines is 1. The number of para-hydroxylation sites is 1. The molecule has 1 aromatic carbocycles. The molecule has 0 aliphatic rings. The van der Waals surface area contributed by atoms with Crippen LogP contribution in [0.25, 0.3) is 0 Å². The summed E-state index contributed by atoms with van der Waals surface area (Å²) >= 11 is 5.18. The maximum atomic E-state index is 10.8. The number of carbonyl (C=O) groups is 2. The van der Waals surface area contributed by atoms with Crippen LogP contribution in [0.3, 0.4) is 0 Å². The zero-order valence-corrected chi connectivity index (χ0v) is 14.5. The number of benzene rings is 1. The van der Waals surface area contributed by atoms with Gasteiger partial charge < -0.3 is 20.9 Å². The van der Waals surface area contributed by atoms with Crippen LogP contribution in [0.1, 0.15) is 25.0 Å². The molecule has 0 saturated carbocycles. The molecule has 0 heterocycles. The molecular formula is C16H25ClN2O4. The molecule has 1 rings (SSSR count). The van der Waals surface area contributed by atoms with E-state index in [1.54, 1.807) is 6.92 Å². The maximum Gasteiger partial charge on any atom is 0.325 e. The Kier molecular flexibility index (Phi) is 10.8. The lowest BCUT2D eigenvalue weighted by Crippen LogP contribution is -2.26. The zero-order valence-electron chi connectivity index (χ0n) is 13.8. The first-order chi connectivity index (χ1) is 10.9. The minimum absolute atomic E-state index is 0.0725. The lowest BCUT2D eigenvalue weighted by molar-refractivity contribution is -0.141. The Morgan fingerprint density at radius 3 is 2.57 bits per heavy atom. The van der Waals surface area contributed by atoms with Crippen molar-refractivity contribution in [1.29, 1.82) is 0 Å². The molecule has 130 valence electrons. The van der Waals surface area contributed by atoms with Crippen LogP contribution in [-0.4, -0.2) is 42.1 Å². The average Bonchev–Trinajstić information content (AvgIpc) is 2.54. The van der Waals surface area contributed by atoms with Gasteiger partial charge in [0.1, 0.15) is 12.6 Å². The highest BCUT2D eigenvalue weighted by molar-refractivity contribution is 6.18. The number of halogens is 1. The van der Waals surface area contributed by atoms with Gasteiger partial charge in [0.25, 0.3) is 0 Å². The molecule has 4 N–H and O–H groups in total. The van der Waals surface area contributed by atoms with E-state index >= 15 is 0 Å². The van der Waals surface area contributed by atoms with Crippen molar-refractivity contribution in [1.82, 2.24) is 0 Å². The van der Waals surface area contributed by atoms with Crippen LogP contribution in [0.5, 0.6) is 0 Å². The van der Waals surface area contributed by atoms with Gasteiger partial charge in [-0.1, -0.05) is 25.1 Å². The molecule has 0 radical (unpaired) electrons. The summed E-state index contributed by atoms with van der Waals surface area (Å²) < 4.78 is 4.44. The number of carbonyl (C=O) groups excluding carboxylic acids is 1. The van der Waals surface area contributed by atoms with Crippen LogP contribution in [0, 0.1) is 6.92 Å². The first-order valence-corrected chi connectivity index (χ1v) is 7.90. The molecule has 0 aliphatic heterocycles. The van der Waals surface area contributed by atoms with Crippen molar-refractivity contribution >= 4 is 29.2 Å². The quantitative estimate of drug-likeness (QED) is 0.517. The normalized spacial score (nSPS) is 11.0. The van der Waals surface area contributed by atoms with Crippen LogP contribution < -0.4 is 11.1 Å². The van der Waals surface area contributed by atoms with Gasteiger partial charge in [-0.15, -0.1) is 11.6 Å². The van der Waals surface area contributed by atoms with E-state index in [0.29, 0.717) is 5.88 Å². The van der Waals surface area contributed by atoms with Gasteiger partial charge >= 0.3 is 11.9 Å². The van der Waals surface area contributed by atoms with Crippen molar-refractivity contribution in [3.8, 4) is 0 Å². The predicted octanol–water partition coefficient (Wildman–Crippen LogP) is 2.17. The SMILES string of the molecule is CCc1cccc(C)c1N[C@@H](C)C(=O)O.NCC(=O)OCCCl. The van der Waals surface area contributed by atoms with Gasteiger partial charge in [-0.3, -0.25) is 9.59 Å². The third-order valence-electron chi connectivity index (χ3n) is 2.98. The van der Waals surface area contributed by atoms with E-state index in [1.807, 2.05) is 25.1 Å². The summed E-state index contributed by atoms with van der Waals surface area (Å²) in [5.74, 6) is -0.919. The Morgan fingerprint density at radius 2 is 2.09 bits per heavy atom. The summed E-state index contributed by atoms with van der Waals surface area (Å²) in [6.45, 7) is 5.87. The van der Waals surface area contributed by atoms with Crippen molar-refractivity contribution in [3.63, 3.8) is 0 Å². The average molecular weight is 345 g/mol. The number of hydrogen-bond donors (Lipinski definition) is 3. The molecule has 0 aromatic heterocycles. The number of carboxylic acid groups (broad SMARTS) is 1. The Labute approximate surface area is 142 Å². The van der Waals surface area contributed by atoms with E-state index in [-0.39, 0.29) is 13.2 Å². The standard InChI is InChI=1S/C12H17NO2.C4H8ClNO2/c1-4-10-7-5-6-8(2)11(10)13-9(3)12(14)15;5-1-2-8-4(7)3-6/h5-7,9,13H,4H2,1-3H3,(H,14,15);1-3,6H2/t9-;/m0./s1. The van der Waals surface area contributed by atoms with Crippen LogP contribution in [0.15, 0.2) is 18.2 Å². The molecule has 1 atom stereocenters. The minimum Gasteiger partial charge on any atom is -0.480 e. The molecule has 0 fully saturated rings. The molecule has 0 saturated heterocycles. The highest BCUT2D eigenvalue weighted by atomic mass is 35.5. The van der Waals surface area contributed by atoms with Crippen LogP contribution in [-0.2, 0) is 20.7 Å². The molecule has 0 spiro atoms. The van der Waals surface area contributed by atoms with E-state index in [0.717, 1.165) is 23.2 Å². The molecular weight excluding hydrogens is 320 g/mol. The monoisotopic (exact) mass is 344 g/mol. The number of alkyl halides is 1. The van der Waals surface area contributed by atoms with E-state index < -0.39 is 18.0 Å². The number of esters is 1. The minimum atomic E-state index is -0.833. The van der Waals surface area contributed by atoms with Gasteiger partial charge in [-0.05, 0) is 31.4 Å². The number of aryl methyl sites for hydroxylation is 2. The molecule has 0 unspecified atom stereocenters. The Bertz CT molecular complexity index is 509. The number of ether oxygens (including phenoxy) is 1. The summed E-state index contributed by atoms with van der Waals surface area (Å²) in [5.41, 5.74) is 8.09. The van der Waals surface area contributed by atoms with E-state index in [9.17, 15) is 9.59 Å². The topological polar surface area (TPSA) is 102 Å². The molecule has 0 aliphatic carbocycles. The number of hydrogen-bond acceptors (Lipinski definition) is 5. The van der Waals surface area contributed by atoms with Gasteiger partial charge in [0.05, 0.1) is 12.4 Å². The van der Waals surface area contributed by atoms with Gasteiger partial charge in [0, 0.05) is 5.69 Å². The third-order valence-corrected chi connectivity index (χ3v) is 3.13. The molecule has 7 heteroatoms. The highest BCUT2D eigenvalue weighted by Gasteiger charge is 2.13. The van der Waals surface area contributed by atoms with E-state index in [4.69, 9.17) is 22.4 Å². The molecule has 23 heavy (non-hydrogen) atoms. The van der Waals surface area contributed by atoms with Crippen LogP contribution in [0.2, 0.25) is 0 Å². The van der Waals surface area contributed by atoms with Gasteiger partial charge in [0.15, 0.2) is 0 Å². The van der Waals surface area contributed by atoms with Crippen LogP contribution >= 0.6 is 11.6 Å². The summed E-state index contributed by atoms with van der Waals surface area (Å²) in [6, 6.07) is 5.43. The second kappa shape index (κ2) is 11.7. The smallest absolute Gasteiger partial charge is 0.325 e. The van der Waals surface area contributed by atoms with Gasteiger partial charge in [0.2, 0.25) is 0 Å². The fourth-order valence-electron chi connectivity index (χ4n) is 1.72. The zero-order chi connectivity index (χ0) is 17.8. The first kappa shape index (κ1) is 21.2. The Morgan fingerprint density at radius 1 is 1.43 bits per heavy atom. The fraction of sp³-hybridized carbons (Fsp3) is 0.500. The van der Waals surface area contributed by atoms with Crippen molar-refractivity contribution in [2.75, 3.05) is 24.3 Å². The molecule has 0 amide bonds. The van der Waals surface area contributed by atoms with Crippen molar-refractivity contribution in [2.24, 2.45) is 5.73 Å². The van der Waals surface area contributed by atoms with E-state index in [2.05, 4.69) is 17.0 Å². The number of rotatable bonds is 7. The maximum absolute atomic E-state index is 10.8. The van der Waals surface area contributed by atoms with Gasteiger partial charge in [-0.25, -0.2) is 0 Å². The summed E-state index contributed by atoms with van der Waals surface area (Å²) in [4.78, 5) is 20.9. The number of carboxylic acids is 1. The second-order valence-corrected chi connectivity index (χ2v) is 5.16. The predicted molar refractivity (Wildman–Crippen MR) is 92.0 cm³/mol. The Balaban J connectivity index is 0.000000515. The largest absolute Gasteiger partial charge is 0.480 e. The first-order valence-electron chi connectivity index (χ1n) is 7.36. The van der Waals surface area contributed by atoms with Crippen molar-refractivity contribution in [3.05, 3.63) is 29.3 Å². The lowest BCUT2D eigenvalue weighted by atomic mass is 10.1. The lowest BCUT2D eigenvalue weighted by Gasteiger charge is -2.16. The Hall–Kier alpha value is -1.79. The van der Waals surface area contributed by atoms with Crippen molar-refractivity contribution < 1.29 is 19.4 Å². The fourth-order valence-corrected chi connectivity index (χ4v) is 1.80. The number of nitrogens with two attached hydrogens (primary N) is 1. The third kappa shape index (κ3) is 8.42. The number of aliphatic carboxylic acids is 1. The second-order valence-electron chi connectivity index (χ2n) is 4.78.